The van der Waals surface area contributed by atoms with Crippen molar-refractivity contribution in [3.8, 4) is 0 Å². The maximum atomic E-state index is 9.96. The summed E-state index contributed by atoms with van der Waals surface area (Å²) < 4.78 is 17.4. The quantitative estimate of drug-likeness (QED) is 0.747. The standard InChI is InChI=1S/C22H34O4/c1-15-9-7-10-16(2)19-17(13-12-15)18(11-8-14-22(3,4)23)20(24-5)26-21(19)25-6/h8-9,11,14,17,19-21,23H,2,7,10,12-13H2,1,3-6H3/b14-8+,15-9-,18-11+/t17-,19+,20+,21+/m0/s1. The van der Waals surface area contributed by atoms with Crippen LogP contribution in [0.4, 0.5) is 0 Å². The minimum absolute atomic E-state index is 0.104. The molecule has 26 heavy (non-hydrogen) atoms. The zero-order chi connectivity index (χ0) is 19.3. The van der Waals surface area contributed by atoms with Crippen molar-refractivity contribution in [1.82, 2.24) is 0 Å². The number of rotatable bonds is 4. The summed E-state index contributed by atoms with van der Waals surface area (Å²) in [5.41, 5.74) is 2.81. The first-order valence-corrected chi connectivity index (χ1v) is 9.43. The van der Waals surface area contributed by atoms with Gasteiger partial charge in [0, 0.05) is 20.1 Å². The molecule has 0 saturated carbocycles. The van der Waals surface area contributed by atoms with E-state index in [1.54, 1.807) is 34.1 Å². The van der Waals surface area contributed by atoms with Crippen molar-refractivity contribution >= 4 is 0 Å². The fourth-order valence-corrected chi connectivity index (χ4v) is 3.83. The van der Waals surface area contributed by atoms with Crippen LogP contribution in [0.15, 0.2) is 47.6 Å². The number of hydrogen-bond donors (Lipinski definition) is 1. The lowest BCUT2D eigenvalue weighted by Crippen LogP contribution is -2.45. The third-order valence-corrected chi connectivity index (χ3v) is 5.20. The molecule has 4 nitrogen and oxygen atoms in total. The van der Waals surface area contributed by atoms with E-state index in [1.807, 2.05) is 12.2 Å². The molecule has 4 heteroatoms. The summed E-state index contributed by atoms with van der Waals surface area (Å²) in [6, 6.07) is 0. The molecule has 0 aromatic heterocycles. The van der Waals surface area contributed by atoms with Gasteiger partial charge >= 0.3 is 0 Å². The van der Waals surface area contributed by atoms with E-state index in [2.05, 4.69) is 19.6 Å². The van der Waals surface area contributed by atoms with E-state index in [9.17, 15) is 5.11 Å². The summed E-state index contributed by atoms with van der Waals surface area (Å²) >= 11 is 0. The van der Waals surface area contributed by atoms with Crippen molar-refractivity contribution in [3.05, 3.63) is 47.6 Å². The number of allylic oxidation sites excluding steroid dienone is 4. The van der Waals surface area contributed by atoms with Gasteiger partial charge in [-0.3, -0.25) is 0 Å². The first-order valence-electron chi connectivity index (χ1n) is 9.43. The van der Waals surface area contributed by atoms with Gasteiger partial charge < -0.3 is 19.3 Å². The second-order valence-electron chi connectivity index (χ2n) is 7.91. The number of methoxy groups -OCH3 is 2. The molecule has 0 radical (unpaired) electrons. The van der Waals surface area contributed by atoms with Crippen LogP contribution >= 0.6 is 0 Å². The van der Waals surface area contributed by atoms with E-state index in [0.717, 1.165) is 31.3 Å². The minimum atomic E-state index is -0.856. The molecule has 1 saturated heterocycles. The molecule has 1 aliphatic heterocycles. The van der Waals surface area contributed by atoms with E-state index in [0.29, 0.717) is 0 Å². The first kappa shape index (κ1) is 21.1. The van der Waals surface area contributed by atoms with Crippen LogP contribution in [0.1, 0.15) is 46.5 Å². The predicted octanol–water partition coefficient (Wildman–Crippen LogP) is 4.52. The maximum Gasteiger partial charge on any atom is 0.183 e. The molecule has 1 aliphatic carbocycles. The van der Waals surface area contributed by atoms with Gasteiger partial charge in [-0.2, -0.15) is 0 Å². The normalized spacial score (nSPS) is 34.8. The SMILES string of the molecule is C=C1CC/C=C(/C)CC[C@H]2/C(=C\C=C\C(C)(C)O)[C@H](OC)O[C@@H](OC)[C@H]12. The second kappa shape index (κ2) is 9.14. The fourth-order valence-electron chi connectivity index (χ4n) is 3.83. The number of fused-ring (bicyclic) bond motifs is 1. The molecule has 0 unspecified atom stereocenters. The molecular formula is C22H34O4. The minimum Gasteiger partial charge on any atom is -0.386 e. The van der Waals surface area contributed by atoms with Crippen LogP contribution in [0.5, 0.6) is 0 Å². The fraction of sp³-hybridized carbons (Fsp3) is 0.636. The Hall–Kier alpha value is -1.20. The molecule has 146 valence electrons. The van der Waals surface area contributed by atoms with Crippen LogP contribution in [0.25, 0.3) is 0 Å². The van der Waals surface area contributed by atoms with Crippen molar-refractivity contribution in [2.24, 2.45) is 11.8 Å². The smallest absolute Gasteiger partial charge is 0.183 e. The van der Waals surface area contributed by atoms with E-state index in [4.69, 9.17) is 14.2 Å². The van der Waals surface area contributed by atoms with Gasteiger partial charge in [0.05, 0.1) is 5.60 Å². The number of hydrogen-bond acceptors (Lipinski definition) is 4. The van der Waals surface area contributed by atoms with Gasteiger partial charge in [0.25, 0.3) is 0 Å². The molecule has 2 rings (SSSR count). The molecule has 0 aromatic carbocycles. The molecule has 0 amide bonds. The summed E-state index contributed by atoms with van der Waals surface area (Å²) in [7, 11) is 3.33. The van der Waals surface area contributed by atoms with Crippen molar-refractivity contribution in [1.29, 1.82) is 0 Å². The Morgan fingerprint density at radius 3 is 2.62 bits per heavy atom. The van der Waals surface area contributed by atoms with Crippen LogP contribution in [0.3, 0.4) is 0 Å². The Labute approximate surface area is 158 Å². The topological polar surface area (TPSA) is 47.9 Å². The van der Waals surface area contributed by atoms with Gasteiger partial charge in [0.1, 0.15) is 0 Å². The van der Waals surface area contributed by atoms with E-state index in [-0.39, 0.29) is 18.1 Å². The third-order valence-electron chi connectivity index (χ3n) is 5.20. The van der Waals surface area contributed by atoms with Crippen LogP contribution in [0.2, 0.25) is 0 Å². The van der Waals surface area contributed by atoms with E-state index < -0.39 is 11.9 Å². The van der Waals surface area contributed by atoms with E-state index >= 15 is 0 Å². The molecule has 1 fully saturated rings. The molecule has 0 aromatic rings. The second-order valence-corrected chi connectivity index (χ2v) is 7.91. The third kappa shape index (κ3) is 5.40. The van der Waals surface area contributed by atoms with Crippen molar-refractivity contribution in [2.75, 3.05) is 14.2 Å². The van der Waals surface area contributed by atoms with Gasteiger partial charge in [0.15, 0.2) is 12.6 Å². The number of ether oxygens (including phenoxy) is 3. The Morgan fingerprint density at radius 1 is 1.27 bits per heavy atom. The summed E-state index contributed by atoms with van der Waals surface area (Å²) in [6.45, 7) is 10.1. The van der Waals surface area contributed by atoms with Gasteiger partial charge in [0.2, 0.25) is 0 Å². The maximum absolute atomic E-state index is 9.96. The molecule has 0 spiro atoms. The Kier molecular flexibility index (Phi) is 7.42. The summed E-state index contributed by atoms with van der Waals surface area (Å²) in [5.74, 6) is 0.339. The Balaban J connectivity index is 2.42. The zero-order valence-electron chi connectivity index (χ0n) is 16.8. The van der Waals surface area contributed by atoms with Crippen molar-refractivity contribution in [3.63, 3.8) is 0 Å². The average molecular weight is 363 g/mol. The molecule has 4 atom stereocenters. The van der Waals surface area contributed by atoms with Gasteiger partial charge in [-0.1, -0.05) is 42.0 Å². The predicted molar refractivity (Wildman–Crippen MR) is 105 cm³/mol. The van der Waals surface area contributed by atoms with Crippen molar-refractivity contribution in [2.45, 2.75) is 64.6 Å². The highest BCUT2D eigenvalue weighted by atomic mass is 16.8. The van der Waals surface area contributed by atoms with Crippen LogP contribution in [-0.2, 0) is 14.2 Å². The lowest BCUT2D eigenvalue weighted by atomic mass is 9.75. The Morgan fingerprint density at radius 2 is 2.00 bits per heavy atom. The van der Waals surface area contributed by atoms with Crippen LogP contribution < -0.4 is 0 Å². The van der Waals surface area contributed by atoms with Crippen LogP contribution in [-0.4, -0.2) is 37.5 Å². The van der Waals surface area contributed by atoms with Crippen molar-refractivity contribution < 1.29 is 19.3 Å². The largest absolute Gasteiger partial charge is 0.386 e. The lowest BCUT2D eigenvalue weighted by Gasteiger charge is -2.43. The zero-order valence-corrected chi connectivity index (χ0v) is 16.8. The van der Waals surface area contributed by atoms with Gasteiger partial charge in [-0.15, -0.1) is 0 Å². The van der Waals surface area contributed by atoms with Gasteiger partial charge in [-0.25, -0.2) is 0 Å². The highest BCUT2D eigenvalue weighted by Crippen LogP contribution is 2.44. The lowest BCUT2D eigenvalue weighted by molar-refractivity contribution is -0.256. The molecule has 2 aliphatic rings. The monoisotopic (exact) mass is 362 g/mol. The Bertz CT molecular complexity index is 579. The van der Waals surface area contributed by atoms with E-state index in [1.165, 1.54) is 11.1 Å². The average Bonchev–Trinajstić information content (AvgIpc) is 2.64. The van der Waals surface area contributed by atoms with Gasteiger partial charge in [-0.05, 0) is 57.9 Å². The summed E-state index contributed by atoms with van der Waals surface area (Å²) in [6.07, 6.45) is 11.2. The molecule has 1 N–H and O–H groups in total. The molecular weight excluding hydrogens is 328 g/mol. The molecule has 0 bridgehead atoms. The summed E-state index contributed by atoms with van der Waals surface area (Å²) in [5, 5.41) is 9.96. The first-order chi connectivity index (χ1) is 12.3. The highest BCUT2D eigenvalue weighted by molar-refractivity contribution is 5.26. The highest BCUT2D eigenvalue weighted by Gasteiger charge is 2.43. The number of aliphatic hydroxyl groups is 1. The summed E-state index contributed by atoms with van der Waals surface area (Å²) in [4.78, 5) is 0. The molecule has 1 heterocycles. The van der Waals surface area contributed by atoms with Crippen LogP contribution in [0, 0.1) is 11.8 Å².